The minimum Gasteiger partial charge on any atom is -0.507 e. The van der Waals surface area contributed by atoms with E-state index in [1.165, 1.54) is 0 Å². The number of aromatic hydroxyl groups is 1. The first-order valence-corrected chi connectivity index (χ1v) is 4.28. The second-order valence-electron chi connectivity index (χ2n) is 3.32. The molecule has 1 rings (SSSR count). The lowest BCUT2D eigenvalue weighted by Gasteiger charge is -2.16. The lowest BCUT2D eigenvalue weighted by atomic mass is 9.98. The van der Waals surface area contributed by atoms with Crippen molar-refractivity contribution in [3.63, 3.8) is 0 Å². The van der Waals surface area contributed by atoms with Crippen LogP contribution in [0.25, 0.3) is 0 Å². The maximum absolute atomic E-state index is 12.4. The van der Waals surface area contributed by atoms with Crippen molar-refractivity contribution in [1.82, 2.24) is 0 Å². The Morgan fingerprint density at radius 3 is 2.21 bits per heavy atom. The molecule has 0 radical (unpaired) electrons. The normalized spacial score (nSPS) is 13.3. The molecule has 0 fully saturated rings. The fourth-order valence-electron chi connectivity index (χ4n) is 1.36. The van der Waals surface area contributed by atoms with Gasteiger partial charge >= 0.3 is 0 Å². The van der Waals surface area contributed by atoms with Crippen LogP contribution in [-0.2, 0) is 0 Å². The van der Waals surface area contributed by atoms with E-state index >= 15 is 0 Å². The van der Waals surface area contributed by atoms with Crippen LogP contribution in [0.1, 0.15) is 22.7 Å². The third-order valence-electron chi connectivity index (χ3n) is 2.24. The van der Waals surface area contributed by atoms with Gasteiger partial charge in [0.05, 0.1) is 6.04 Å². The van der Waals surface area contributed by atoms with Crippen molar-refractivity contribution in [2.24, 2.45) is 5.73 Å². The second-order valence-corrected chi connectivity index (χ2v) is 3.32. The van der Waals surface area contributed by atoms with E-state index in [1.807, 2.05) is 0 Å². The summed E-state index contributed by atoms with van der Waals surface area (Å²) in [6.07, 6.45) is -2.67. The number of halogens is 2. The highest BCUT2D eigenvalue weighted by Gasteiger charge is 2.23. The Kier molecular flexibility index (Phi) is 3.06. The van der Waals surface area contributed by atoms with E-state index in [1.54, 1.807) is 26.0 Å². The summed E-state index contributed by atoms with van der Waals surface area (Å²) >= 11 is 0. The number of hydrogen-bond acceptors (Lipinski definition) is 2. The van der Waals surface area contributed by atoms with Gasteiger partial charge in [-0.1, -0.05) is 12.1 Å². The molecule has 14 heavy (non-hydrogen) atoms. The molecule has 0 unspecified atom stereocenters. The van der Waals surface area contributed by atoms with Crippen molar-refractivity contribution in [3.05, 3.63) is 28.8 Å². The van der Waals surface area contributed by atoms with Gasteiger partial charge in [0.15, 0.2) is 0 Å². The number of hydrogen-bond donors (Lipinski definition) is 2. The fraction of sp³-hybridized carbons (Fsp3) is 0.400. The minimum atomic E-state index is -2.67. The quantitative estimate of drug-likeness (QED) is 0.771. The molecule has 0 aliphatic carbocycles. The lowest BCUT2D eigenvalue weighted by molar-refractivity contribution is 0.115. The Bertz CT molecular complexity index is 339. The Hall–Kier alpha value is -1.16. The van der Waals surface area contributed by atoms with Crippen LogP contribution in [0.4, 0.5) is 8.78 Å². The average molecular weight is 201 g/mol. The molecule has 0 aliphatic rings. The molecule has 3 N–H and O–H groups in total. The summed E-state index contributed by atoms with van der Waals surface area (Å²) in [6, 6.07) is 1.92. The molecule has 0 spiro atoms. The summed E-state index contributed by atoms with van der Waals surface area (Å²) in [4.78, 5) is 0. The molecule has 0 saturated carbocycles. The zero-order chi connectivity index (χ0) is 10.9. The molecule has 2 nitrogen and oxygen atoms in total. The summed E-state index contributed by atoms with van der Waals surface area (Å²) in [5.74, 6) is -0.127. The van der Waals surface area contributed by atoms with Crippen molar-refractivity contribution < 1.29 is 13.9 Å². The standard InChI is InChI=1S/C10H13F2NO/c1-5-3-4-6(2)9(14)7(5)8(13)10(11)12/h3-4,8,10,14H,13H2,1-2H3/t8-/m1/s1. The third kappa shape index (κ3) is 1.85. The van der Waals surface area contributed by atoms with Crippen molar-refractivity contribution >= 4 is 0 Å². The number of rotatable bonds is 2. The van der Waals surface area contributed by atoms with E-state index in [0.717, 1.165) is 0 Å². The van der Waals surface area contributed by atoms with Crippen LogP contribution >= 0.6 is 0 Å². The molecule has 0 bridgehead atoms. The number of benzene rings is 1. The van der Waals surface area contributed by atoms with Crippen LogP contribution in [-0.4, -0.2) is 11.5 Å². The molecule has 0 saturated heterocycles. The van der Waals surface area contributed by atoms with Gasteiger partial charge in [0, 0.05) is 5.56 Å². The molecule has 1 atom stereocenters. The Morgan fingerprint density at radius 2 is 1.71 bits per heavy atom. The molecule has 4 heteroatoms. The molecule has 1 aromatic carbocycles. The first-order chi connectivity index (χ1) is 6.45. The van der Waals surface area contributed by atoms with Crippen molar-refractivity contribution in [1.29, 1.82) is 0 Å². The van der Waals surface area contributed by atoms with Crippen LogP contribution in [0.3, 0.4) is 0 Å². The highest BCUT2D eigenvalue weighted by molar-refractivity contribution is 5.46. The van der Waals surface area contributed by atoms with Crippen molar-refractivity contribution in [2.45, 2.75) is 26.3 Å². The topological polar surface area (TPSA) is 46.2 Å². The molecule has 1 aromatic rings. The van der Waals surface area contributed by atoms with Crippen LogP contribution in [0, 0.1) is 13.8 Å². The van der Waals surface area contributed by atoms with Gasteiger partial charge in [-0.25, -0.2) is 8.78 Å². The van der Waals surface area contributed by atoms with Crippen molar-refractivity contribution in [2.75, 3.05) is 0 Å². The maximum atomic E-state index is 12.4. The maximum Gasteiger partial charge on any atom is 0.257 e. The highest BCUT2D eigenvalue weighted by atomic mass is 19.3. The summed E-state index contributed by atoms with van der Waals surface area (Å²) in [5, 5.41) is 9.58. The van der Waals surface area contributed by atoms with E-state index < -0.39 is 12.5 Å². The third-order valence-corrected chi connectivity index (χ3v) is 2.24. The number of phenols is 1. The minimum absolute atomic E-state index is 0.127. The molecule has 0 aromatic heterocycles. The summed E-state index contributed by atoms with van der Waals surface area (Å²) in [5.41, 5.74) is 6.58. The molecule has 0 heterocycles. The predicted molar refractivity (Wildman–Crippen MR) is 50.5 cm³/mol. The number of phenolic OH excluding ortho intramolecular Hbond substituents is 1. The van der Waals surface area contributed by atoms with E-state index in [2.05, 4.69) is 0 Å². The zero-order valence-corrected chi connectivity index (χ0v) is 8.09. The SMILES string of the molecule is Cc1ccc(C)c([C@@H](N)C(F)F)c1O. The monoisotopic (exact) mass is 201 g/mol. The van der Waals surface area contributed by atoms with Gasteiger partial charge in [-0.3, -0.25) is 0 Å². The largest absolute Gasteiger partial charge is 0.507 e. The lowest BCUT2D eigenvalue weighted by Crippen LogP contribution is -2.20. The molecule has 78 valence electrons. The number of aryl methyl sites for hydroxylation is 2. The van der Waals surface area contributed by atoms with E-state index in [0.29, 0.717) is 11.1 Å². The van der Waals surface area contributed by atoms with Crippen molar-refractivity contribution in [3.8, 4) is 5.75 Å². The van der Waals surface area contributed by atoms with Crippen LogP contribution in [0.5, 0.6) is 5.75 Å². The van der Waals surface area contributed by atoms with Gasteiger partial charge in [0.25, 0.3) is 6.43 Å². The summed E-state index contributed by atoms with van der Waals surface area (Å²) < 4.78 is 24.7. The summed E-state index contributed by atoms with van der Waals surface area (Å²) in [6.45, 7) is 3.30. The van der Waals surface area contributed by atoms with Crippen LogP contribution in [0.2, 0.25) is 0 Å². The van der Waals surface area contributed by atoms with Gasteiger partial charge in [0.1, 0.15) is 5.75 Å². The predicted octanol–water partition coefficient (Wildman–Crippen LogP) is 2.27. The molecular formula is C10H13F2NO. The molecule has 0 amide bonds. The second kappa shape index (κ2) is 3.92. The van der Waals surface area contributed by atoms with Crippen LogP contribution in [0.15, 0.2) is 12.1 Å². The van der Waals surface area contributed by atoms with E-state index in [4.69, 9.17) is 5.73 Å². The Morgan fingerprint density at radius 1 is 1.21 bits per heavy atom. The highest BCUT2D eigenvalue weighted by Crippen LogP contribution is 2.32. The first-order valence-electron chi connectivity index (χ1n) is 4.28. The van der Waals surface area contributed by atoms with Crippen LogP contribution < -0.4 is 5.73 Å². The fourth-order valence-corrected chi connectivity index (χ4v) is 1.36. The smallest absolute Gasteiger partial charge is 0.257 e. The van der Waals surface area contributed by atoms with Gasteiger partial charge < -0.3 is 10.8 Å². The Labute approximate surface area is 81.4 Å². The number of alkyl halides is 2. The van der Waals surface area contributed by atoms with E-state index in [9.17, 15) is 13.9 Å². The van der Waals surface area contributed by atoms with Gasteiger partial charge in [-0.15, -0.1) is 0 Å². The van der Waals surface area contributed by atoms with Gasteiger partial charge in [0.2, 0.25) is 0 Å². The molecular weight excluding hydrogens is 188 g/mol. The number of nitrogens with two attached hydrogens (primary N) is 1. The van der Waals surface area contributed by atoms with Gasteiger partial charge in [-0.05, 0) is 25.0 Å². The summed E-state index contributed by atoms with van der Waals surface area (Å²) in [7, 11) is 0. The van der Waals surface area contributed by atoms with E-state index in [-0.39, 0.29) is 11.3 Å². The zero-order valence-electron chi connectivity index (χ0n) is 8.09. The first kappa shape index (κ1) is 10.9. The molecule has 0 aliphatic heterocycles. The Balaban J connectivity index is 3.25. The average Bonchev–Trinajstić information content (AvgIpc) is 2.12. The van der Waals surface area contributed by atoms with Gasteiger partial charge in [-0.2, -0.15) is 0 Å².